The molecule has 0 spiro atoms. The van der Waals surface area contributed by atoms with Crippen LogP contribution >= 0.6 is 0 Å². The highest BCUT2D eigenvalue weighted by Gasteiger charge is 2.51. The van der Waals surface area contributed by atoms with E-state index in [0.717, 1.165) is 25.1 Å². The number of carbonyl (C=O) groups excluding carboxylic acids is 1. The highest BCUT2D eigenvalue weighted by molar-refractivity contribution is 5.79. The quantitative estimate of drug-likeness (QED) is 0.889. The predicted molar refractivity (Wildman–Crippen MR) is 75.3 cm³/mol. The maximum atomic E-state index is 12.3. The Labute approximate surface area is 119 Å². The molecule has 3 rings (SSSR count). The van der Waals surface area contributed by atoms with Crippen LogP contribution in [0.2, 0.25) is 0 Å². The molecule has 5 heteroatoms. The van der Waals surface area contributed by atoms with Crippen molar-refractivity contribution in [2.75, 3.05) is 19.7 Å². The van der Waals surface area contributed by atoms with E-state index < -0.39 is 0 Å². The van der Waals surface area contributed by atoms with Gasteiger partial charge in [-0.15, -0.1) is 0 Å². The summed E-state index contributed by atoms with van der Waals surface area (Å²) in [6.45, 7) is 4.00. The van der Waals surface area contributed by atoms with Crippen molar-refractivity contribution in [1.29, 1.82) is 0 Å². The molecule has 1 amide bonds. The SMILES string of the molecule is CCOc1cccc(CC(=O)N2C[C@@H]3CC[C@]3(N)C2)n1. The Kier molecular flexibility index (Phi) is 3.38. The second-order valence-corrected chi connectivity index (χ2v) is 5.82. The number of aromatic nitrogens is 1. The molecule has 1 aliphatic heterocycles. The first-order valence-electron chi connectivity index (χ1n) is 7.26. The molecule has 2 fully saturated rings. The highest BCUT2D eigenvalue weighted by Crippen LogP contribution is 2.42. The average molecular weight is 275 g/mol. The van der Waals surface area contributed by atoms with Crippen LogP contribution in [0.3, 0.4) is 0 Å². The van der Waals surface area contributed by atoms with Gasteiger partial charge in [0.1, 0.15) is 0 Å². The van der Waals surface area contributed by atoms with Crippen LogP contribution in [0.25, 0.3) is 0 Å². The van der Waals surface area contributed by atoms with Gasteiger partial charge in [0.25, 0.3) is 0 Å². The standard InChI is InChI=1S/C15H21N3O2/c1-2-20-13-5-3-4-12(17-13)8-14(19)18-9-11-6-7-15(11,16)10-18/h3-5,11H,2,6-10,16H2,1H3/t11-,15-/m0/s1. The minimum Gasteiger partial charge on any atom is -0.478 e. The van der Waals surface area contributed by atoms with Crippen LogP contribution in [0, 0.1) is 5.92 Å². The van der Waals surface area contributed by atoms with Gasteiger partial charge in [0, 0.05) is 24.7 Å². The van der Waals surface area contributed by atoms with Crippen molar-refractivity contribution in [3.63, 3.8) is 0 Å². The molecule has 0 radical (unpaired) electrons. The number of hydrogen-bond donors (Lipinski definition) is 1. The topological polar surface area (TPSA) is 68.5 Å². The Hall–Kier alpha value is -1.62. The van der Waals surface area contributed by atoms with E-state index in [4.69, 9.17) is 10.5 Å². The number of fused-ring (bicyclic) bond motifs is 1. The van der Waals surface area contributed by atoms with Crippen LogP contribution < -0.4 is 10.5 Å². The third kappa shape index (κ3) is 2.38. The summed E-state index contributed by atoms with van der Waals surface area (Å²) < 4.78 is 5.36. The Balaban J connectivity index is 1.63. The van der Waals surface area contributed by atoms with Crippen molar-refractivity contribution in [3.05, 3.63) is 23.9 Å². The molecule has 20 heavy (non-hydrogen) atoms. The second kappa shape index (κ2) is 5.05. The van der Waals surface area contributed by atoms with Gasteiger partial charge in [-0.1, -0.05) is 6.07 Å². The molecular weight excluding hydrogens is 254 g/mol. The van der Waals surface area contributed by atoms with E-state index >= 15 is 0 Å². The molecule has 1 saturated heterocycles. The molecule has 2 aliphatic rings. The Bertz CT molecular complexity index is 520. The normalized spacial score (nSPS) is 27.9. The number of rotatable bonds is 4. The zero-order valence-electron chi connectivity index (χ0n) is 11.8. The summed E-state index contributed by atoms with van der Waals surface area (Å²) in [5.41, 5.74) is 6.90. The maximum Gasteiger partial charge on any atom is 0.228 e. The summed E-state index contributed by atoms with van der Waals surface area (Å²) in [5.74, 6) is 1.19. The molecule has 1 saturated carbocycles. The molecule has 2 N–H and O–H groups in total. The lowest BCUT2D eigenvalue weighted by Crippen LogP contribution is -2.54. The molecule has 0 unspecified atom stereocenters. The van der Waals surface area contributed by atoms with Crippen molar-refractivity contribution in [1.82, 2.24) is 9.88 Å². The first-order chi connectivity index (χ1) is 9.60. The third-order valence-corrected chi connectivity index (χ3v) is 4.46. The van der Waals surface area contributed by atoms with Crippen molar-refractivity contribution in [2.24, 2.45) is 11.7 Å². The minimum absolute atomic E-state index is 0.115. The van der Waals surface area contributed by atoms with Gasteiger partial charge in [-0.3, -0.25) is 4.79 Å². The van der Waals surface area contributed by atoms with Crippen LogP contribution in [0.15, 0.2) is 18.2 Å². The van der Waals surface area contributed by atoms with Crippen LogP contribution in [0.5, 0.6) is 5.88 Å². The third-order valence-electron chi connectivity index (χ3n) is 4.46. The van der Waals surface area contributed by atoms with Gasteiger partial charge in [-0.25, -0.2) is 4.98 Å². The lowest BCUT2D eigenvalue weighted by molar-refractivity contribution is -0.129. The van der Waals surface area contributed by atoms with Crippen LogP contribution in [-0.4, -0.2) is 41.0 Å². The number of amides is 1. The minimum atomic E-state index is -0.115. The molecule has 2 atom stereocenters. The zero-order valence-corrected chi connectivity index (χ0v) is 11.8. The highest BCUT2D eigenvalue weighted by atomic mass is 16.5. The first kappa shape index (κ1) is 13.4. The fraction of sp³-hybridized carbons (Fsp3) is 0.600. The van der Waals surface area contributed by atoms with Gasteiger partial charge < -0.3 is 15.4 Å². The molecule has 0 bridgehead atoms. The van der Waals surface area contributed by atoms with Gasteiger partial charge in [-0.05, 0) is 31.7 Å². The van der Waals surface area contributed by atoms with Crippen molar-refractivity contribution in [2.45, 2.75) is 31.7 Å². The van der Waals surface area contributed by atoms with E-state index in [1.54, 1.807) is 0 Å². The molecule has 108 valence electrons. The van der Waals surface area contributed by atoms with E-state index in [0.29, 0.717) is 31.4 Å². The molecule has 1 aliphatic carbocycles. The summed E-state index contributed by atoms with van der Waals surface area (Å²) in [4.78, 5) is 18.6. The predicted octanol–water partition coefficient (Wildman–Crippen LogP) is 0.972. The lowest BCUT2D eigenvalue weighted by atomic mass is 9.70. The van der Waals surface area contributed by atoms with Crippen molar-refractivity contribution >= 4 is 5.91 Å². The fourth-order valence-electron chi connectivity index (χ4n) is 3.13. The second-order valence-electron chi connectivity index (χ2n) is 5.82. The fourth-order valence-corrected chi connectivity index (χ4v) is 3.13. The van der Waals surface area contributed by atoms with Crippen molar-refractivity contribution in [3.8, 4) is 5.88 Å². The largest absolute Gasteiger partial charge is 0.478 e. The number of hydrogen-bond acceptors (Lipinski definition) is 4. The molecule has 0 aromatic carbocycles. The number of likely N-dealkylation sites (tertiary alicyclic amines) is 1. The van der Waals surface area contributed by atoms with Gasteiger partial charge in [0.15, 0.2) is 0 Å². The van der Waals surface area contributed by atoms with E-state index in [1.165, 1.54) is 0 Å². The van der Waals surface area contributed by atoms with E-state index in [1.807, 2.05) is 30.0 Å². The summed E-state index contributed by atoms with van der Waals surface area (Å²) in [6, 6.07) is 5.55. The Morgan fingerprint density at radius 3 is 3.05 bits per heavy atom. The van der Waals surface area contributed by atoms with Crippen LogP contribution in [-0.2, 0) is 11.2 Å². The Morgan fingerprint density at radius 2 is 2.45 bits per heavy atom. The van der Waals surface area contributed by atoms with Crippen molar-refractivity contribution < 1.29 is 9.53 Å². The number of ether oxygens (including phenoxy) is 1. The van der Waals surface area contributed by atoms with E-state index in [-0.39, 0.29) is 11.4 Å². The molecular formula is C15H21N3O2. The van der Waals surface area contributed by atoms with Crippen LogP contribution in [0.4, 0.5) is 0 Å². The summed E-state index contributed by atoms with van der Waals surface area (Å²) in [6.07, 6.45) is 2.52. The first-order valence-corrected chi connectivity index (χ1v) is 7.26. The monoisotopic (exact) mass is 275 g/mol. The molecule has 2 heterocycles. The number of pyridine rings is 1. The smallest absolute Gasteiger partial charge is 0.228 e. The van der Waals surface area contributed by atoms with Gasteiger partial charge in [0.2, 0.25) is 11.8 Å². The number of nitrogens with zero attached hydrogens (tertiary/aromatic N) is 2. The lowest BCUT2D eigenvalue weighted by Gasteiger charge is -2.39. The zero-order chi connectivity index (χ0) is 14.2. The summed E-state index contributed by atoms with van der Waals surface area (Å²) >= 11 is 0. The maximum absolute atomic E-state index is 12.3. The number of nitrogens with two attached hydrogens (primary N) is 1. The summed E-state index contributed by atoms with van der Waals surface area (Å²) in [7, 11) is 0. The summed E-state index contributed by atoms with van der Waals surface area (Å²) in [5, 5.41) is 0. The van der Waals surface area contributed by atoms with Crippen LogP contribution in [0.1, 0.15) is 25.5 Å². The molecule has 5 nitrogen and oxygen atoms in total. The van der Waals surface area contributed by atoms with Gasteiger partial charge in [-0.2, -0.15) is 0 Å². The Morgan fingerprint density at radius 1 is 1.60 bits per heavy atom. The number of carbonyl (C=O) groups is 1. The molecule has 1 aromatic heterocycles. The van der Waals surface area contributed by atoms with E-state index in [9.17, 15) is 4.79 Å². The molecule has 1 aromatic rings. The van der Waals surface area contributed by atoms with E-state index in [2.05, 4.69) is 4.98 Å². The average Bonchev–Trinajstić information content (AvgIpc) is 2.64. The van der Waals surface area contributed by atoms with Gasteiger partial charge >= 0.3 is 0 Å². The van der Waals surface area contributed by atoms with Gasteiger partial charge in [0.05, 0.1) is 18.7 Å².